The summed E-state index contributed by atoms with van der Waals surface area (Å²) in [7, 11) is 0. The van der Waals surface area contributed by atoms with Crippen LogP contribution in [0.1, 0.15) is 20.3 Å². The normalized spacial score (nSPS) is 19.1. The van der Waals surface area contributed by atoms with Gasteiger partial charge in [0.05, 0.1) is 5.92 Å². The molecule has 2 amide bonds. The van der Waals surface area contributed by atoms with Gasteiger partial charge in [-0.2, -0.15) is 0 Å². The molecule has 0 radical (unpaired) electrons. The molecular weight excluding hydrogens is 264 g/mol. The number of hydrogen-bond acceptors (Lipinski definition) is 2. The molecule has 4 nitrogen and oxygen atoms in total. The quantitative estimate of drug-likeness (QED) is 0.925. The Balaban J connectivity index is 1.98. The zero-order valence-electron chi connectivity index (χ0n) is 11.0. The molecule has 1 fully saturated rings. The van der Waals surface area contributed by atoms with Gasteiger partial charge >= 0.3 is 0 Å². The van der Waals surface area contributed by atoms with Crippen molar-refractivity contribution in [1.82, 2.24) is 4.90 Å². The number of halogens is 1. The Morgan fingerprint density at radius 2 is 2.00 bits per heavy atom. The predicted octanol–water partition coefficient (Wildman–Crippen LogP) is 2.54. The van der Waals surface area contributed by atoms with Crippen LogP contribution in [-0.4, -0.2) is 29.3 Å². The Bertz CT molecular complexity index is 485. The van der Waals surface area contributed by atoms with Crippen molar-refractivity contribution >= 4 is 29.1 Å². The molecule has 1 atom stereocenters. The van der Waals surface area contributed by atoms with Crippen molar-refractivity contribution in [2.24, 2.45) is 5.92 Å². The highest BCUT2D eigenvalue weighted by atomic mass is 35.5. The second-order valence-corrected chi connectivity index (χ2v) is 5.47. The van der Waals surface area contributed by atoms with Crippen LogP contribution >= 0.6 is 11.6 Å². The van der Waals surface area contributed by atoms with Gasteiger partial charge in [0.2, 0.25) is 11.8 Å². The van der Waals surface area contributed by atoms with E-state index in [1.807, 2.05) is 13.8 Å². The van der Waals surface area contributed by atoms with Gasteiger partial charge in [0.25, 0.3) is 0 Å². The lowest BCUT2D eigenvalue weighted by Crippen LogP contribution is -2.33. The highest BCUT2D eigenvalue weighted by Gasteiger charge is 2.35. The molecule has 1 aromatic carbocycles. The van der Waals surface area contributed by atoms with Gasteiger partial charge < -0.3 is 10.2 Å². The molecule has 0 aliphatic carbocycles. The molecular formula is C14H17ClN2O2. The SMILES string of the molecule is CC(C)N1CC(C(=O)Nc2ccc(Cl)cc2)CC1=O. The van der Waals surface area contributed by atoms with Crippen molar-refractivity contribution < 1.29 is 9.59 Å². The van der Waals surface area contributed by atoms with E-state index in [0.29, 0.717) is 17.3 Å². The number of nitrogens with zero attached hydrogens (tertiary/aromatic N) is 1. The summed E-state index contributed by atoms with van der Waals surface area (Å²) < 4.78 is 0. The maximum atomic E-state index is 12.1. The molecule has 2 rings (SSSR count). The molecule has 1 aromatic rings. The first kappa shape index (κ1) is 13.9. The lowest BCUT2D eigenvalue weighted by Gasteiger charge is -2.20. The van der Waals surface area contributed by atoms with E-state index in [2.05, 4.69) is 5.32 Å². The lowest BCUT2D eigenvalue weighted by atomic mass is 10.1. The van der Waals surface area contributed by atoms with Crippen LogP contribution in [0.5, 0.6) is 0 Å². The maximum absolute atomic E-state index is 12.1. The van der Waals surface area contributed by atoms with E-state index in [9.17, 15) is 9.59 Å². The van der Waals surface area contributed by atoms with Crippen molar-refractivity contribution in [1.29, 1.82) is 0 Å². The van der Waals surface area contributed by atoms with E-state index in [-0.39, 0.29) is 30.2 Å². The van der Waals surface area contributed by atoms with E-state index in [4.69, 9.17) is 11.6 Å². The number of rotatable bonds is 3. The number of carbonyl (C=O) groups is 2. The summed E-state index contributed by atoms with van der Waals surface area (Å²) in [6.45, 7) is 4.41. The van der Waals surface area contributed by atoms with Gasteiger partial charge in [0.1, 0.15) is 0 Å². The molecule has 19 heavy (non-hydrogen) atoms. The summed E-state index contributed by atoms with van der Waals surface area (Å²) >= 11 is 5.78. The van der Waals surface area contributed by atoms with Gasteiger partial charge in [-0.3, -0.25) is 9.59 Å². The van der Waals surface area contributed by atoms with Gasteiger partial charge in [-0.25, -0.2) is 0 Å². The van der Waals surface area contributed by atoms with Crippen molar-refractivity contribution in [3.05, 3.63) is 29.3 Å². The standard InChI is InChI=1S/C14H17ClN2O2/c1-9(2)17-8-10(7-13(17)18)14(19)16-12-5-3-11(15)4-6-12/h3-6,9-10H,7-8H2,1-2H3,(H,16,19). The number of likely N-dealkylation sites (tertiary alicyclic amines) is 1. The first-order valence-electron chi connectivity index (χ1n) is 6.33. The number of nitrogens with one attached hydrogen (secondary N) is 1. The third-order valence-electron chi connectivity index (χ3n) is 3.26. The summed E-state index contributed by atoms with van der Waals surface area (Å²) in [6.07, 6.45) is 0.289. The van der Waals surface area contributed by atoms with Crippen LogP contribution in [-0.2, 0) is 9.59 Å². The van der Waals surface area contributed by atoms with Gasteiger partial charge in [-0.15, -0.1) is 0 Å². The highest BCUT2D eigenvalue weighted by molar-refractivity contribution is 6.30. The summed E-state index contributed by atoms with van der Waals surface area (Å²) in [4.78, 5) is 25.6. The van der Waals surface area contributed by atoms with Crippen molar-refractivity contribution in [2.75, 3.05) is 11.9 Å². The van der Waals surface area contributed by atoms with Crippen molar-refractivity contribution in [3.63, 3.8) is 0 Å². The van der Waals surface area contributed by atoms with Crippen LogP contribution in [0.25, 0.3) is 0 Å². The largest absolute Gasteiger partial charge is 0.339 e. The Labute approximate surface area is 117 Å². The molecule has 5 heteroatoms. The minimum Gasteiger partial charge on any atom is -0.339 e. The number of hydrogen-bond donors (Lipinski definition) is 1. The third-order valence-corrected chi connectivity index (χ3v) is 3.52. The number of anilines is 1. The fourth-order valence-corrected chi connectivity index (χ4v) is 2.31. The molecule has 102 valence electrons. The minimum absolute atomic E-state index is 0.0475. The molecule has 1 saturated heterocycles. The first-order valence-corrected chi connectivity index (χ1v) is 6.71. The Kier molecular flexibility index (Phi) is 4.10. The molecule has 0 spiro atoms. The predicted molar refractivity (Wildman–Crippen MR) is 75.0 cm³/mol. The average Bonchev–Trinajstić information content (AvgIpc) is 2.74. The smallest absolute Gasteiger partial charge is 0.229 e. The van der Waals surface area contributed by atoms with Crippen LogP contribution in [0.4, 0.5) is 5.69 Å². The fraction of sp³-hybridized carbons (Fsp3) is 0.429. The summed E-state index contributed by atoms with van der Waals surface area (Å²) in [5.41, 5.74) is 0.699. The number of amides is 2. The molecule has 0 saturated carbocycles. The molecule has 1 aliphatic rings. The van der Waals surface area contributed by atoms with Gasteiger partial charge in [-0.1, -0.05) is 11.6 Å². The second kappa shape index (κ2) is 5.61. The van der Waals surface area contributed by atoms with E-state index in [1.54, 1.807) is 29.2 Å². The van der Waals surface area contributed by atoms with Crippen LogP contribution in [0, 0.1) is 5.92 Å². The summed E-state index contributed by atoms with van der Waals surface area (Å²) in [5, 5.41) is 3.44. The number of benzene rings is 1. The maximum Gasteiger partial charge on any atom is 0.229 e. The van der Waals surface area contributed by atoms with Gasteiger partial charge in [-0.05, 0) is 38.1 Å². The van der Waals surface area contributed by atoms with E-state index in [0.717, 1.165) is 0 Å². The topological polar surface area (TPSA) is 49.4 Å². The zero-order valence-corrected chi connectivity index (χ0v) is 11.8. The van der Waals surface area contributed by atoms with Gasteiger partial charge in [0.15, 0.2) is 0 Å². The van der Waals surface area contributed by atoms with Crippen molar-refractivity contribution in [2.45, 2.75) is 26.3 Å². The molecule has 1 aliphatic heterocycles. The van der Waals surface area contributed by atoms with Crippen LogP contribution in [0.3, 0.4) is 0 Å². The Hall–Kier alpha value is -1.55. The van der Waals surface area contributed by atoms with E-state index in [1.165, 1.54) is 0 Å². The molecule has 1 heterocycles. The average molecular weight is 281 g/mol. The van der Waals surface area contributed by atoms with Gasteiger partial charge in [0, 0.05) is 29.7 Å². The molecule has 0 aromatic heterocycles. The highest BCUT2D eigenvalue weighted by Crippen LogP contribution is 2.22. The van der Waals surface area contributed by atoms with E-state index >= 15 is 0 Å². The zero-order chi connectivity index (χ0) is 14.0. The van der Waals surface area contributed by atoms with Crippen LogP contribution in [0.2, 0.25) is 5.02 Å². The number of carbonyl (C=O) groups excluding carboxylic acids is 2. The minimum atomic E-state index is -0.273. The second-order valence-electron chi connectivity index (χ2n) is 5.04. The van der Waals surface area contributed by atoms with Crippen LogP contribution in [0.15, 0.2) is 24.3 Å². The first-order chi connectivity index (χ1) is 8.97. The Morgan fingerprint density at radius 1 is 1.37 bits per heavy atom. The summed E-state index contributed by atoms with van der Waals surface area (Å²) in [5.74, 6) is -0.337. The monoisotopic (exact) mass is 280 g/mol. The molecule has 0 bridgehead atoms. The lowest BCUT2D eigenvalue weighted by molar-refractivity contribution is -0.129. The fourth-order valence-electron chi connectivity index (χ4n) is 2.18. The molecule has 1 N–H and O–H groups in total. The Morgan fingerprint density at radius 3 is 2.53 bits per heavy atom. The van der Waals surface area contributed by atoms with E-state index < -0.39 is 0 Å². The van der Waals surface area contributed by atoms with Crippen molar-refractivity contribution in [3.8, 4) is 0 Å². The summed E-state index contributed by atoms with van der Waals surface area (Å²) in [6, 6.07) is 7.07. The van der Waals surface area contributed by atoms with Crippen LogP contribution < -0.4 is 5.32 Å². The third kappa shape index (κ3) is 3.26. The molecule has 1 unspecified atom stereocenters.